The number of amides is 1. The quantitative estimate of drug-likeness (QED) is 0.715. The summed E-state index contributed by atoms with van der Waals surface area (Å²) in [7, 11) is 0. The second-order valence-corrected chi connectivity index (χ2v) is 5.76. The number of likely N-dealkylation sites (tertiary alicyclic amines) is 1. The molecule has 0 saturated carbocycles. The van der Waals surface area contributed by atoms with Crippen molar-refractivity contribution in [1.29, 1.82) is 0 Å². The van der Waals surface area contributed by atoms with Crippen molar-refractivity contribution in [3.8, 4) is 0 Å². The maximum Gasteiger partial charge on any atom is 0.219 e. The molecule has 1 saturated heterocycles. The Morgan fingerprint density at radius 3 is 2.53 bits per heavy atom. The van der Waals surface area contributed by atoms with Crippen LogP contribution in [0.25, 0.3) is 0 Å². The molecule has 1 aromatic carbocycles. The van der Waals surface area contributed by atoms with Crippen molar-refractivity contribution >= 4 is 11.7 Å². The van der Waals surface area contributed by atoms with Gasteiger partial charge in [0.25, 0.3) is 0 Å². The second kappa shape index (κ2) is 4.19. The lowest BCUT2D eigenvalue weighted by molar-refractivity contribution is -0.134. The van der Waals surface area contributed by atoms with Crippen molar-refractivity contribution in [2.24, 2.45) is 0 Å². The molecule has 1 aromatic rings. The Morgan fingerprint density at radius 2 is 1.89 bits per heavy atom. The summed E-state index contributed by atoms with van der Waals surface area (Å²) >= 11 is 0. The largest absolute Gasteiger partial charge is 0.343 e. The Kier molecular flexibility index (Phi) is 2.73. The van der Waals surface area contributed by atoms with Crippen LogP contribution in [0, 0.1) is 0 Å². The van der Waals surface area contributed by atoms with Crippen molar-refractivity contribution < 1.29 is 9.59 Å². The first kappa shape index (κ1) is 12.4. The molecular weight excluding hydrogens is 238 g/mol. The van der Waals surface area contributed by atoms with Crippen molar-refractivity contribution in [1.82, 2.24) is 4.90 Å². The van der Waals surface area contributed by atoms with Gasteiger partial charge in [-0.25, -0.2) is 0 Å². The van der Waals surface area contributed by atoms with Crippen LogP contribution in [0.4, 0.5) is 0 Å². The molecule has 1 fully saturated rings. The molecule has 1 aliphatic heterocycles. The fourth-order valence-corrected chi connectivity index (χ4v) is 3.72. The molecule has 3 heteroatoms. The lowest BCUT2D eigenvalue weighted by Crippen LogP contribution is -2.47. The Balaban J connectivity index is 1.98. The van der Waals surface area contributed by atoms with Gasteiger partial charge in [0, 0.05) is 25.9 Å². The molecule has 1 atom stereocenters. The van der Waals surface area contributed by atoms with Crippen LogP contribution in [0.1, 0.15) is 43.7 Å². The first-order valence-electron chi connectivity index (χ1n) is 6.95. The van der Waals surface area contributed by atoms with E-state index < -0.39 is 0 Å². The molecule has 1 unspecified atom stereocenters. The van der Waals surface area contributed by atoms with Gasteiger partial charge in [0.15, 0.2) is 5.78 Å². The molecule has 1 spiro atoms. The van der Waals surface area contributed by atoms with E-state index in [1.54, 1.807) is 6.92 Å². The monoisotopic (exact) mass is 257 g/mol. The molecule has 3 rings (SSSR count). The summed E-state index contributed by atoms with van der Waals surface area (Å²) in [5.41, 5.74) is 2.06. The number of fused-ring (bicyclic) bond motifs is 2. The van der Waals surface area contributed by atoms with Crippen LogP contribution in [0.3, 0.4) is 0 Å². The Bertz CT molecular complexity index is 541. The number of carbonyl (C=O) groups is 2. The highest BCUT2D eigenvalue weighted by Gasteiger charge is 2.51. The minimum atomic E-state index is -0.331. The highest BCUT2D eigenvalue weighted by atomic mass is 16.2. The molecule has 3 nitrogen and oxygen atoms in total. The SMILES string of the molecule is CC(=O)N1CCC2(CC1)C(=O)C(C)c1ccccc12. The van der Waals surface area contributed by atoms with Gasteiger partial charge in [0.1, 0.15) is 0 Å². The molecule has 100 valence electrons. The van der Waals surface area contributed by atoms with Gasteiger partial charge in [0.2, 0.25) is 5.91 Å². The fourth-order valence-electron chi connectivity index (χ4n) is 3.72. The number of Topliss-reactive ketones (excluding diaryl/α,β-unsaturated/α-hetero) is 1. The first-order chi connectivity index (χ1) is 9.06. The van der Waals surface area contributed by atoms with Crippen LogP contribution in [0.5, 0.6) is 0 Å². The maximum atomic E-state index is 12.7. The number of carbonyl (C=O) groups excluding carboxylic acids is 2. The molecule has 0 N–H and O–H groups in total. The topological polar surface area (TPSA) is 37.4 Å². The van der Waals surface area contributed by atoms with Crippen LogP contribution >= 0.6 is 0 Å². The summed E-state index contributed by atoms with van der Waals surface area (Å²) in [6.45, 7) is 5.00. The van der Waals surface area contributed by atoms with Gasteiger partial charge < -0.3 is 4.90 Å². The standard InChI is InChI=1S/C16H19NO2/c1-11-13-5-3-4-6-14(13)16(15(11)19)7-9-17(10-8-16)12(2)18/h3-6,11H,7-10H2,1-2H3. The Morgan fingerprint density at radius 1 is 1.26 bits per heavy atom. The summed E-state index contributed by atoms with van der Waals surface area (Å²) in [5.74, 6) is 0.457. The van der Waals surface area contributed by atoms with Crippen molar-refractivity contribution in [3.63, 3.8) is 0 Å². The average Bonchev–Trinajstić information content (AvgIpc) is 2.63. The number of ketones is 1. The predicted octanol–water partition coefficient (Wildman–Crippen LogP) is 2.25. The van der Waals surface area contributed by atoms with Gasteiger partial charge in [-0.1, -0.05) is 31.2 Å². The maximum absolute atomic E-state index is 12.7. The van der Waals surface area contributed by atoms with Crippen molar-refractivity contribution in [2.75, 3.05) is 13.1 Å². The van der Waals surface area contributed by atoms with E-state index in [2.05, 4.69) is 12.1 Å². The Hall–Kier alpha value is -1.64. The third-order valence-corrected chi connectivity index (χ3v) is 4.87. The lowest BCUT2D eigenvalue weighted by atomic mass is 9.72. The van der Waals surface area contributed by atoms with E-state index in [4.69, 9.17) is 0 Å². The van der Waals surface area contributed by atoms with E-state index in [0.29, 0.717) is 18.9 Å². The van der Waals surface area contributed by atoms with E-state index in [0.717, 1.165) is 12.8 Å². The molecular formula is C16H19NO2. The third-order valence-electron chi connectivity index (χ3n) is 4.87. The minimum Gasteiger partial charge on any atom is -0.343 e. The van der Waals surface area contributed by atoms with Gasteiger partial charge in [-0.3, -0.25) is 9.59 Å². The number of hydrogen-bond acceptors (Lipinski definition) is 2. The van der Waals surface area contributed by atoms with E-state index in [9.17, 15) is 9.59 Å². The molecule has 0 aromatic heterocycles. The first-order valence-corrected chi connectivity index (χ1v) is 6.95. The van der Waals surface area contributed by atoms with Gasteiger partial charge >= 0.3 is 0 Å². The number of benzene rings is 1. The van der Waals surface area contributed by atoms with E-state index in [1.165, 1.54) is 11.1 Å². The zero-order chi connectivity index (χ0) is 13.6. The normalized spacial score (nSPS) is 24.6. The Labute approximate surface area is 113 Å². The lowest BCUT2D eigenvalue weighted by Gasteiger charge is -2.38. The third kappa shape index (κ3) is 1.64. The van der Waals surface area contributed by atoms with Crippen molar-refractivity contribution in [3.05, 3.63) is 35.4 Å². The molecule has 1 aliphatic carbocycles. The summed E-state index contributed by atoms with van der Waals surface area (Å²) in [6, 6.07) is 8.19. The van der Waals surface area contributed by atoms with Gasteiger partial charge in [0.05, 0.1) is 5.41 Å². The summed E-state index contributed by atoms with van der Waals surface area (Å²) in [5, 5.41) is 0. The smallest absolute Gasteiger partial charge is 0.219 e. The highest BCUT2D eigenvalue weighted by Crippen LogP contribution is 2.48. The van der Waals surface area contributed by atoms with E-state index >= 15 is 0 Å². The second-order valence-electron chi connectivity index (χ2n) is 5.76. The van der Waals surface area contributed by atoms with Crippen LogP contribution < -0.4 is 0 Å². The highest BCUT2D eigenvalue weighted by molar-refractivity contribution is 6.00. The fraction of sp³-hybridized carbons (Fsp3) is 0.500. The van der Waals surface area contributed by atoms with E-state index in [1.807, 2.05) is 24.0 Å². The molecule has 0 radical (unpaired) electrons. The summed E-state index contributed by atoms with van der Waals surface area (Å²) in [6.07, 6.45) is 1.54. The number of piperidine rings is 1. The van der Waals surface area contributed by atoms with E-state index in [-0.39, 0.29) is 17.2 Å². The zero-order valence-electron chi connectivity index (χ0n) is 11.5. The molecule has 2 aliphatic rings. The number of hydrogen-bond donors (Lipinski definition) is 0. The summed E-state index contributed by atoms with van der Waals surface area (Å²) in [4.78, 5) is 26.0. The van der Waals surface area contributed by atoms with Gasteiger partial charge in [-0.05, 0) is 24.0 Å². The average molecular weight is 257 g/mol. The van der Waals surface area contributed by atoms with Gasteiger partial charge in [-0.2, -0.15) is 0 Å². The molecule has 1 heterocycles. The van der Waals surface area contributed by atoms with Crippen LogP contribution in [0.2, 0.25) is 0 Å². The van der Waals surface area contributed by atoms with Crippen molar-refractivity contribution in [2.45, 2.75) is 38.0 Å². The summed E-state index contributed by atoms with van der Waals surface area (Å²) < 4.78 is 0. The zero-order valence-corrected chi connectivity index (χ0v) is 11.5. The number of rotatable bonds is 0. The number of nitrogens with zero attached hydrogens (tertiary/aromatic N) is 1. The van der Waals surface area contributed by atoms with Gasteiger partial charge in [-0.15, -0.1) is 0 Å². The van der Waals surface area contributed by atoms with Crippen LogP contribution in [0.15, 0.2) is 24.3 Å². The van der Waals surface area contributed by atoms with Crippen LogP contribution in [-0.2, 0) is 15.0 Å². The molecule has 1 amide bonds. The molecule has 0 bridgehead atoms. The van der Waals surface area contributed by atoms with Crippen LogP contribution in [-0.4, -0.2) is 29.7 Å². The minimum absolute atomic E-state index is 0.0000723. The predicted molar refractivity (Wildman–Crippen MR) is 73.0 cm³/mol. The molecule has 19 heavy (non-hydrogen) atoms.